The maximum atomic E-state index is 10.8. The molecule has 0 saturated heterocycles. The summed E-state index contributed by atoms with van der Waals surface area (Å²) in [5.74, 6) is -1.01. The lowest BCUT2D eigenvalue weighted by molar-refractivity contribution is -0.134. The van der Waals surface area contributed by atoms with E-state index in [1.165, 1.54) is 0 Å². The van der Waals surface area contributed by atoms with Crippen LogP contribution in [0.2, 0.25) is 0 Å². The lowest BCUT2D eigenvalue weighted by atomic mass is 10.8. The number of carbonyl (C=O) groups is 1. The fourth-order valence-corrected chi connectivity index (χ4v) is 1.33. The van der Waals surface area contributed by atoms with Crippen molar-refractivity contribution in [2.24, 2.45) is 0 Å². The van der Waals surface area contributed by atoms with Crippen LogP contribution in [-0.2, 0) is 14.1 Å². The van der Waals surface area contributed by atoms with E-state index in [1.807, 2.05) is 6.92 Å². The number of ether oxygens (including phenoxy) is 1. The molecule has 0 aromatic heterocycles. The monoisotopic (exact) mass is 179 g/mol. The Kier molecular flexibility index (Phi) is 5.99. The maximum Gasteiger partial charge on any atom is 0.352 e. The van der Waals surface area contributed by atoms with Crippen molar-refractivity contribution in [1.29, 1.82) is 0 Å². The summed E-state index contributed by atoms with van der Waals surface area (Å²) in [5.41, 5.74) is 0. The molecule has 0 fully saturated rings. The molecule has 0 saturated carbocycles. The van der Waals surface area contributed by atoms with Crippen molar-refractivity contribution in [1.82, 2.24) is 0 Å². The number of aliphatic carboxylic acids is 1. The summed E-state index contributed by atoms with van der Waals surface area (Å²) in [7, 11) is -1.61. The summed E-state index contributed by atoms with van der Waals surface area (Å²) in [6, 6.07) is 0. The standard InChI is InChI=1S/C6H11O4P/c1-2-10-3-4-11(9)5-6(7)8/h2-5H2,1H3/p+1. The zero-order valence-corrected chi connectivity index (χ0v) is 7.34. The Balaban J connectivity index is 3.30. The van der Waals surface area contributed by atoms with E-state index in [9.17, 15) is 9.36 Å². The molecule has 64 valence electrons. The van der Waals surface area contributed by atoms with Crippen molar-refractivity contribution in [3.05, 3.63) is 0 Å². The van der Waals surface area contributed by atoms with Crippen molar-refractivity contribution < 1.29 is 19.2 Å². The highest BCUT2D eigenvalue weighted by atomic mass is 31.1. The van der Waals surface area contributed by atoms with Gasteiger partial charge in [0, 0.05) is 6.61 Å². The normalized spacial score (nSPS) is 11.2. The lowest BCUT2D eigenvalue weighted by Crippen LogP contribution is -2.02. The van der Waals surface area contributed by atoms with Gasteiger partial charge >= 0.3 is 13.8 Å². The average Bonchev–Trinajstić information content (AvgIpc) is 1.86. The minimum Gasteiger partial charge on any atom is -0.478 e. The first kappa shape index (κ1) is 10.5. The second-order valence-electron chi connectivity index (χ2n) is 1.95. The second kappa shape index (κ2) is 6.25. The minimum atomic E-state index is -1.61. The molecular formula is C6H12O4P+. The topological polar surface area (TPSA) is 63.6 Å². The highest BCUT2D eigenvalue weighted by Crippen LogP contribution is 2.18. The average molecular weight is 179 g/mol. The van der Waals surface area contributed by atoms with Gasteiger partial charge in [-0.25, -0.2) is 4.79 Å². The molecule has 4 nitrogen and oxygen atoms in total. The first-order chi connectivity index (χ1) is 5.16. The molecule has 0 heterocycles. The maximum absolute atomic E-state index is 10.8. The lowest BCUT2D eigenvalue weighted by Gasteiger charge is -1.91. The molecule has 1 atom stereocenters. The van der Waals surface area contributed by atoms with E-state index in [-0.39, 0.29) is 6.16 Å². The molecule has 0 aliphatic heterocycles. The second-order valence-corrected chi connectivity index (χ2v) is 3.68. The minimum absolute atomic E-state index is 0.248. The third-order valence-corrected chi connectivity index (χ3v) is 2.31. The number of carboxylic acid groups (broad SMARTS) is 1. The molecule has 1 N–H and O–H groups in total. The van der Waals surface area contributed by atoms with Gasteiger partial charge in [-0.2, -0.15) is 0 Å². The number of rotatable bonds is 6. The largest absolute Gasteiger partial charge is 0.478 e. The Morgan fingerprint density at radius 2 is 2.27 bits per heavy atom. The summed E-state index contributed by atoms with van der Waals surface area (Å²) in [5, 5.41) is 8.22. The molecule has 0 aromatic rings. The molecule has 0 amide bonds. The fraction of sp³-hybridized carbons (Fsp3) is 0.833. The van der Waals surface area contributed by atoms with Crippen LogP contribution in [0, 0.1) is 0 Å². The zero-order chi connectivity index (χ0) is 8.69. The summed E-state index contributed by atoms with van der Waals surface area (Å²) in [4.78, 5) is 10.0. The Morgan fingerprint density at radius 3 is 2.73 bits per heavy atom. The van der Waals surface area contributed by atoms with Gasteiger partial charge in [-0.1, -0.05) is 4.57 Å². The number of hydrogen-bond acceptors (Lipinski definition) is 3. The van der Waals surface area contributed by atoms with E-state index < -0.39 is 13.8 Å². The van der Waals surface area contributed by atoms with Gasteiger partial charge < -0.3 is 9.84 Å². The molecule has 11 heavy (non-hydrogen) atoms. The predicted molar refractivity (Wildman–Crippen MR) is 41.5 cm³/mol. The molecule has 5 heteroatoms. The quantitative estimate of drug-likeness (QED) is 0.486. The fourth-order valence-electron chi connectivity index (χ4n) is 0.541. The van der Waals surface area contributed by atoms with Crippen molar-refractivity contribution in [3.8, 4) is 0 Å². The molecule has 1 unspecified atom stereocenters. The van der Waals surface area contributed by atoms with Gasteiger partial charge in [-0.15, -0.1) is 0 Å². The first-order valence-corrected chi connectivity index (χ1v) is 5.01. The highest BCUT2D eigenvalue weighted by molar-refractivity contribution is 7.45. The van der Waals surface area contributed by atoms with Gasteiger partial charge in [0.15, 0.2) is 6.16 Å². The van der Waals surface area contributed by atoms with Crippen molar-refractivity contribution in [3.63, 3.8) is 0 Å². The van der Waals surface area contributed by atoms with Crippen LogP contribution in [0.25, 0.3) is 0 Å². The van der Waals surface area contributed by atoms with Crippen LogP contribution >= 0.6 is 7.80 Å². The van der Waals surface area contributed by atoms with Gasteiger partial charge in [0.1, 0.15) is 0 Å². The molecule has 0 aromatic carbocycles. The highest BCUT2D eigenvalue weighted by Gasteiger charge is 2.18. The van der Waals surface area contributed by atoms with Crippen LogP contribution in [0.1, 0.15) is 6.92 Å². The van der Waals surface area contributed by atoms with Crippen LogP contribution in [0.3, 0.4) is 0 Å². The van der Waals surface area contributed by atoms with E-state index in [2.05, 4.69) is 0 Å². The van der Waals surface area contributed by atoms with Crippen LogP contribution in [0.4, 0.5) is 0 Å². The van der Waals surface area contributed by atoms with Crippen LogP contribution in [-0.4, -0.2) is 36.6 Å². The van der Waals surface area contributed by atoms with Crippen LogP contribution < -0.4 is 0 Å². The predicted octanol–water partition coefficient (Wildman–Crippen LogP) is 0.935. The van der Waals surface area contributed by atoms with Gasteiger partial charge in [-0.05, 0) is 6.92 Å². The van der Waals surface area contributed by atoms with Gasteiger partial charge in [0.25, 0.3) is 0 Å². The first-order valence-electron chi connectivity index (χ1n) is 3.38. The van der Waals surface area contributed by atoms with E-state index in [4.69, 9.17) is 9.84 Å². The molecule has 0 aliphatic carbocycles. The Labute approximate surface area is 66.3 Å². The van der Waals surface area contributed by atoms with Crippen molar-refractivity contribution >= 4 is 13.8 Å². The van der Waals surface area contributed by atoms with Crippen molar-refractivity contribution in [2.75, 3.05) is 25.5 Å². The van der Waals surface area contributed by atoms with E-state index in [0.717, 1.165) is 0 Å². The molecule has 0 bridgehead atoms. The molecule has 0 radical (unpaired) electrons. The van der Waals surface area contributed by atoms with E-state index >= 15 is 0 Å². The zero-order valence-electron chi connectivity index (χ0n) is 6.45. The van der Waals surface area contributed by atoms with Crippen LogP contribution in [0.5, 0.6) is 0 Å². The molecule has 0 rings (SSSR count). The smallest absolute Gasteiger partial charge is 0.352 e. The van der Waals surface area contributed by atoms with Gasteiger partial charge in [0.05, 0.1) is 6.61 Å². The number of carboxylic acids is 1. The summed E-state index contributed by atoms with van der Waals surface area (Å²) < 4.78 is 15.7. The summed E-state index contributed by atoms with van der Waals surface area (Å²) >= 11 is 0. The summed E-state index contributed by atoms with van der Waals surface area (Å²) in [6.45, 7) is 2.81. The van der Waals surface area contributed by atoms with E-state index in [0.29, 0.717) is 19.4 Å². The van der Waals surface area contributed by atoms with Crippen LogP contribution in [0.15, 0.2) is 0 Å². The third kappa shape index (κ3) is 7.43. The molecule has 0 aliphatic rings. The van der Waals surface area contributed by atoms with Gasteiger partial charge in [0.2, 0.25) is 6.16 Å². The Bertz CT molecular complexity index is 146. The van der Waals surface area contributed by atoms with Crippen molar-refractivity contribution in [2.45, 2.75) is 6.92 Å². The number of hydrogen-bond donors (Lipinski definition) is 1. The van der Waals surface area contributed by atoms with Gasteiger partial charge in [-0.3, -0.25) is 0 Å². The van der Waals surface area contributed by atoms with E-state index in [1.54, 1.807) is 0 Å². The Hall–Kier alpha value is -0.470. The Morgan fingerprint density at radius 1 is 1.64 bits per heavy atom. The SMILES string of the molecule is CCOCC[P+](=O)CC(=O)O. The summed E-state index contributed by atoms with van der Waals surface area (Å²) in [6.07, 6.45) is 0.0951. The molecule has 0 spiro atoms. The molecular weight excluding hydrogens is 167 g/mol. The third-order valence-electron chi connectivity index (χ3n) is 1.00.